The molecule has 1 saturated heterocycles. The van der Waals surface area contributed by atoms with E-state index in [1.165, 1.54) is 5.56 Å². The fourth-order valence-corrected chi connectivity index (χ4v) is 4.00. The normalized spacial score (nSPS) is 14.1. The molecule has 1 aliphatic heterocycles. The molecule has 1 N–H and O–H groups in total. The first-order valence-electron chi connectivity index (χ1n) is 11.0. The molecule has 1 fully saturated rings. The van der Waals surface area contributed by atoms with Crippen LogP contribution in [0.1, 0.15) is 39.1 Å². The van der Waals surface area contributed by atoms with Crippen LogP contribution < -0.4 is 5.32 Å². The smallest absolute Gasteiger partial charge is 0.256 e. The van der Waals surface area contributed by atoms with Crippen molar-refractivity contribution in [2.75, 3.05) is 25.6 Å². The maximum absolute atomic E-state index is 13.0. The van der Waals surface area contributed by atoms with E-state index < -0.39 is 0 Å². The quantitative estimate of drug-likeness (QED) is 0.610. The van der Waals surface area contributed by atoms with Crippen molar-refractivity contribution in [3.05, 3.63) is 89.5 Å². The van der Waals surface area contributed by atoms with Crippen LogP contribution in [0.2, 0.25) is 0 Å². The number of ether oxygens (including phenoxy) is 1. The molecule has 0 saturated carbocycles. The van der Waals surface area contributed by atoms with Gasteiger partial charge < -0.3 is 15.0 Å². The second-order valence-electron chi connectivity index (χ2n) is 8.20. The van der Waals surface area contributed by atoms with Crippen molar-refractivity contribution < 1.29 is 14.3 Å². The van der Waals surface area contributed by atoms with Crippen molar-refractivity contribution in [1.82, 2.24) is 4.90 Å². The van der Waals surface area contributed by atoms with Gasteiger partial charge in [0.2, 0.25) is 0 Å². The lowest BCUT2D eigenvalue weighted by Gasteiger charge is -2.31. The zero-order valence-corrected chi connectivity index (χ0v) is 18.5. The Kier molecular flexibility index (Phi) is 6.66. The molecular formula is C27H28N2O3. The third-order valence-corrected chi connectivity index (χ3v) is 5.98. The lowest BCUT2D eigenvalue weighted by molar-refractivity contribution is 0.0362. The molecule has 0 unspecified atom stereocenters. The van der Waals surface area contributed by atoms with Crippen molar-refractivity contribution in [2.24, 2.45) is 0 Å². The minimum Gasteiger partial charge on any atom is -0.381 e. The number of hydrogen-bond donors (Lipinski definition) is 1. The van der Waals surface area contributed by atoms with E-state index in [2.05, 4.69) is 5.32 Å². The van der Waals surface area contributed by atoms with E-state index in [4.69, 9.17) is 4.74 Å². The summed E-state index contributed by atoms with van der Waals surface area (Å²) >= 11 is 0. The topological polar surface area (TPSA) is 58.6 Å². The summed E-state index contributed by atoms with van der Waals surface area (Å²) in [6.45, 7) is 3.42. The molecule has 164 valence electrons. The summed E-state index contributed by atoms with van der Waals surface area (Å²) in [5.41, 5.74) is 4.92. The number of benzene rings is 3. The third-order valence-electron chi connectivity index (χ3n) is 5.98. The first-order valence-corrected chi connectivity index (χ1v) is 11.0. The van der Waals surface area contributed by atoms with Crippen LogP contribution in [-0.4, -0.2) is 43.0 Å². The highest BCUT2D eigenvalue weighted by atomic mass is 16.5. The van der Waals surface area contributed by atoms with Crippen LogP contribution in [0.4, 0.5) is 5.69 Å². The second kappa shape index (κ2) is 9.79. The van der Waals surface area contributed by atoms with E-state index in [0.717, 1.165) is 24.0 Å². The summed E-state index contributed by atoms with van der Waals surface area (Å²) in [6, 6.07) is 23.0. The van der Waals surface area contributed by atoms with E-state index in [9.17, 15) is 9.59 Å². The maximum atomic E-state index is 13.0. The van der Waals surface area contributed by atoms with Crippen molar-refractivity contribution >= 4 is 17.5 Å². The Bertz CT molecular complexity index is 1080. The Labute approximate surface area is 189 Å². The van der Waals surface area contributed by atoms with Gasteiger partial charge in [0.25, 0.3) is 11.8 Å². The Morgan fingerprint density at radius 3 is 2.25 bits per heavy atom. The van der Waals surface area contributed by atoms with Crippen LogP contribution in [-0.2, 0) is 4.74 Å². The van der Waals surface area contributed by atoms with Gasteiger partial charge in [0.15, 0.2) is 0 Å². The summed E-state index contributed by atoms with van der Waals surface area (Å²) in [6.07, 6.45) is 1.72. The van der Waals surface area contributed by atoms with E-state index in [-0.39, 0.29) is 17.9 Å². The number of aryl methyl sites for hydroxylation is 1. The monoisotopic (exact) mass is 428 g/mol. The molecule has 0 radical (unpaired) electrons. The van der Waals surface area contributed by atoms with E-state index in [0.29, 0.717) is 30.0 Å². The number of anilines is 1. The Morgan fingerprint density at radius 2 is 1.56 bits per heavy atom. The van der Waals surface area contributed by atoms with Gasteiger partial charge in [0.1, 0.15) is 0 Å². The molecule has 5 heteroatoms. The fraction of sp³-hybridized carbons (Fsp3) is 0.259. The minimum absolute atomic E-state index is 0.0144. The first kappa shape index (κ1) is 21.8. The lowest BCUT2D eigenvalue weighted by atomic mass is 9.98. The predicted molar refractivity (Wildman–Crippen MR) is 127 cm³/mol. The number of carbonyl (C=O) groups excluding carboxylic acids is 2. The summed E-state index contributed by atoms with van der Waals surface area (Å²) in [5.74, 6) is -0.195. The van der Waals surface area contributed by atoms with Crippen LogP contribution in [0.25, 0.3) is 11.1 Å². The van der Waals surface area contributed by atoms with Crippen molar-refractivity contribution in [3.8, 4) is 11.1 Å². The average Bonchev–Trinajstić information content (AvgIpc) is 2.84. The molecule has 4 rings (SSSR count). The molecule has 3 aromatic rings. The third kappa shape index (κ3) is 4.89. The number of carbonyl (C=O) groups is 2. The number of hydrogen-bond acceptors (Lipinski definition) is 3. The Morgan fingerprint density at radius 1 is 0.906 bits per heavy atom. The van der Waals surface area contributed by atoms with Crippen molar-refractivity contribution in [1.29, 1.82) is 0 Å². The highest BCUT2D eigenvalue weighted by Gasteiger charge is 2.23. The average molecular weight is 429 g/mol. The largest absolute Gasteiger partial charge is 0.381 e. The fourth-order valence-electron chi connectivity index (χ4n) is 4.00. The molecule has 0 atom stereocenters. The van der Waals surface area contributed by atoms with Gasteiger partial charge >= 0.3 is 0 Å². The molecule has 1 aliphatic rings. The molecule has 1 heterocycles. The predicted octanol–water partition coefficient (Wildman–Crippen LogP) is 5.17. The highest BCUT2D eigenvalue weighted by Crippen LogP contribution is 2.25. The van der Waals surface area contributed by atoms with E-state index in [1.54, 1.807) is 29.2 Å². The molecular weight excluding hydrogens is 400 g/mol. The molecule has 32 heavy (non-hydrogen) atoms. The van der Waals surface area contributed by atoms with Gasteiger partial charge in [-0.15, -0.1) is 0 Å². The van der Waals surface area contributed by atoms with Crippen LogP contribution in [0.15, 0.2) is 72.8 Å². The van der Waals surface area contributed by atoms with Crippen LogP contribution in [0, 0.1) is 6.92 Å². The van der Waals surface area contributed by atoms with Crippen molar-refractivity contribution in [2.45, 2.75) is 25.8 Å². The zero-order chi connectivity index (χ0) is 22.5. The Balaban J connectivity index is 1.47. The first-order chi connectivity index (χ1) is 15.5. The summed E-state index contributed by atoms with van der Waals surface area (Å²) < 4.78 is 5.39. The van der Waals surface area contributed by atoms with Gasteiger partial charge in [0, 0.05) is 43.1 Å². The van der Waals surface area contributed by atoms with Gasteiger partial charge in [-0.1, -0.05) is 48.0 Å². The minimum atomic E-state index is -0.181. The Hall–Kier alpha value is -3.44. The van der Waals surface area contributed by atoms with Crippen LogP contribution in [0.3, 0.4) is 0 Å². The molecule has 0 spiro atoms. The number of nitrogens with one attached hydrogen (secondary N) is 1. The standard InChI is InChI=1S/C27H28N2O3/c1-19-7-9-20(10-8-19)24-5-3-4-6-25(24)26(30)28-22-13-11-21(12-14-22)27(31)29(2)23-15-17-32-18-16-23/h3-14,23H,15-18H2,1-2H3,(H,28,30). The van der Waals surface area contributed by atoms with E-state index >= 15 is 0 Å². The molecule has 0 aliphatic carbocycles. The molecule has 5 nitrogen and oxygen atoms in total. The number of rotatable bonds is 5. The molecule has 0 bridgehead atoms. The molecule has 0 aromatic heterocycles. The molecule has 3 aromatic carbocycles. The summed E-state index contributed by atoms with van der Waals surface area (Å²) in [5, 5.41) is 2.96. The number of nitrogens with zero attached hydrogens (tertiary/aromatic N) is 1. The maximum Gasteiger partial charge on any atom is 0.256 e. The highest BCUT2D eigenvalue weighted by molar-refractivity contribution is 6.09. The number of amides is 2. The zero-order valence-electron chi connectivity index (χ0n) is 18.5. The van der Waals surface area contributed by atoms with Crippen LogP contribution in [0.5, 0.6) is 0 Å². The van der Waals surface area contributed by atoms with Crippen LogP contribution >= 0.6 is 0 Å². The summed E-state index contributed by atoms with van der Waals surface area (Å²) in [4.78, 5) is 27.6. The lowest BCUT2D eigenvalue weighted by Crippen LogP contribution is -2.40. The second-order valence-corrected chi connectivity index (χ2v) is 8.20. The van der Waals surface area contributed by atoms with Gasteiger partial charge in [0.05, 0.1) is 0 Å². The van der Waals surface area contributed by atoms with Crippen molar-refractivity contribution in [3.63, 3.8) is 0 Å². The van der Waals surface area contributed by atoms with Gasteiger partial charge in [-0.3, -0.25) is 9.59 Å². The van der Waals surface area contributed by atoms with Gasteiger partial charge in [-0.25, -0.2) is 0 Å². The van der Waals surface area contributed by atoms with Gasteiger partial charge in [-0.2, -0.15) is 0 Å². The molecule has 2 amide bonds. The summed E-state index contributed by atoms with van der Waals surface area (Å²) in [7, 11) is 1.84. The van der Waals surface area contributed by atoms with Gasteiger partial charge in [-0.05, 0) is 61.2 Å². The van der Waals surface area contributed by atoms with E-state index in [1.807, 2.05) is 62.5 Å². The SMILES string of the molecule is Cc1ccc(-c2ccccc2C(=O)Nc2ccc(C(=O)N(C)C3CCOCC3)cc2)cc1.